The molecule has 0 aliphatic rings. The van der Waals surface area contributed by atoms with Crippen LogP contribution in [0.5, 0.6) is 0 Å². The van der Waals surface area contributed by atoms with Crippen molar-refractivity contribution in [1.29, 1.82) is 0 Å². The van der Waals surface area contributed by atoms with Gasteiger partial charge in [-0.1, -0.05) is 101 Å². The van der Waals surface area contributed by atoms with Crippen LogP contribution in [0, 0.1) is 0 Å². The Labute approximate surface area is 161 Å². The Bertz CT molecular complexity index is 341. The second-order valence-electron chi connectivity index (χ2n) is 6.56. The zero-order valence-corrected chi connectivity index (χ0v) is 17.3. The summed E-state index contributed by atoms with van der Waals surface area (Å²) < 4.78 is 0. The minimum atomic E-state index is 0.301. The molecule has 0 atom stereocenters. The van der Waals surface area contributed by atoms with Crippen molar-refractivity contribution >= 4 is 34.4 Å². The van der Waals surface area contributed by atoms with Gasteiger partial charge in [0.1, 0.15) is 9.98 Å². The number of nitrogens with two attached hydrogens (primary N) is 1. The Morgan fingerprint density at radius 2 is 1.21 bits per heavy atom. The second kappa shape index (κ2) is 18.9. The average molecular weight is 371 g/mol. The van der Waals surface area contributed by atoms with E-state index in [9.17, 15) is 0 Å². The molecule has 140 valence electrons. The van der Waals surface area contributed by atoms with Crippen LogP contribution in [0.15, 0.2) is 12.2 Å². The molecule has 0 aromatic carbocycles. The maximum atomic E-state index is 5.43. The third-order valence-corrected chi connectivity index (χ3v) is 4.90. The van der Waals surface area contributed by atoms with Crippen LogP contribution in [-0.4, -0.2) is 16.5 Å². The molecule has 3 N–H and O–H groups in total. The lowest BCUT2D eigenvalue weighted by Crippen LogP contribution is -2.33. The van der Waals surface area contributed by atoms with Crippen molar-refractivity contribution in [2.24, 2.45) is 5.73 Å². The number of allylic oxidation sites excluding steroid dienone is 2. The van der Waals surface area contributed by atoms with E-state index in [0.29, 0.717) is 9.98 Å². The van der Waals surface area contributed by atoms with Crippen LogP contribution >= 0.6 is 24.4 Å². The first-order valence-electron chi connectivity index (χ1n) is 9.91. The highest BCUT2D eigenvalue weighted by atomic mass is 32.1. The van der Waals surface area contributed by atoms with E-state index in [2.05, 4.69) is 24.4 Å². The predicted octanol–water partition coefficient (Wildman–Crippen LogP) is 6.23. The molecule has 0 spiro atoms. The molecule has 0 saturated heterocycles. The zero-order chi connectivity index (χ0) is 17.9. The summed E-state index contributed by atoms with van der Waals surface area (Å²) in [6.07, 6.45) is 23.4. The highest BCUT2D eigenvalue weighted by Gasteiger charge is 1.97. The number of rotatable bonds is 16. The average Bonchev–Trinajstić information content (AvgIpc) is 2.57. The van der Waals surface area contributed by atoms with Crippen LogP contribution < -0.4 is 11.1 Å². The van der Waals surface area contributed by atoms with Gasteiger partial charge in [0, 0.05) is 6.54 Å². The van der Waals surface area contributed by atoms with Gasteiger partial charge >= 0.3 is 0 Å². The van der Waals surface area contributed by atoms with Gasteiger partial charge in [-0.05, 0) is 32.1 Å². The second-order valence-corrected chi connectivity index (χ2v) is 7.41. The molecule has 0 aromatic rings. The quantitative estimate of drug-likeness (QED) is 0.192. The fraction of sp³-hybridized carbons (Fsp3) is 0.800. The van der Waals surface area contributed by atoms with E-state index in [4.69, 9.17) is 30.2 Å². The van der Waals surface area contributed by atoms with Gasteiger partial charge in [0.2, 0.25) is 0 Å². The normalized spacial score (nSPS) is 11.0. The number of nitrogens with one attached hydrogen (secondary N) is 1. The summed E-state index contributed by atoms with van der Waals surface area (Å²) in [5, 5.41) is 3.09. The number of thiocarbonyl (C=S) groups is 2. The molecule has 2 nitrogen and oxygen atoms in total. The first-order chi connectivity index (χ1) is 11.7. The molecule has 0 unspecified atom stereocenters. The lowest BCUT2D eigenvalue weighted by Gasteiger charge is -2.05. The summed E-state index contributed by atoms with van der Waals surface area (Å²) in [4.78, 5) is 0.826. The SMILES string of the molecule is CCCCCCCC/C=C\CCCCCCCCNC(=S)C(N)=S. The minimum absolute atomic E-state index is 0.301. The van der Waals surface area contributed by atoms with E-state index in [1.807, 2.05) is 0 Å². The molecule has 0 aliphatic heterocycles. The van der Waals surface area contributed by atoms with Crippen molar-refractivity contribution in [2.75, 3.05) is 6.54 Å². The summed E-state index contributed by atoms with van der Waals surface area (Å²) in [5.41, 5.74) is 5.43. The van der Waals surface area contributed by atoms with Crippen LogP contribution in [0.1, 0.15) is 96.8 Å². The van der Waals surface area contributed by atoms with Crippen molar-refractivity contribution in [2.45, 2.75) is 96.8 Å². The van der Waals surface area contributed by atoms with Gasteiger partial charge in [0.05, 0.1) is 0 Å². The Hall–Kier alpha value is -0.480. The lowest BCUT2D eigenvalue weighted by atomic mass is 10.1. The number of hydrogen-bond acceptors (Lipinski definition) is 2. The summed E-state index contributed by atoms with van der Waals surface area (Å²) >= 11 is 9.81. The first-order valence-corrected chi connectivity index (χ1v) is 10.7. The van der Waals surface area contributed by atoms with Gasteiger partial charge in [-0.25, -0.2) is 0 Å². The zero-order valence-electron chi connectivity index (χ0n) is 15.7. The maximum Gasteiger partial charge on any atom is 0.133 e. The third kappa shape index (κ3) is 17.9. The Balaban J connectivity index is 3.15. The summed E-state index contributed by atoms with van der Waals surface area (Å²) in [6.45, 7) is 3.16. The molecule has 0 aromatic heterocycles. The van der Waals surface area contributed by atoms with Gasteiger partial charge in [0.15, 0.2) is 0 Å². The predicted molar refractivity (Wildman–Crippen MR) is 117 cm³/mol. The minimum Gasteiger partial charge on any atom is -0.388 e. The molecular formula is C20H38N2S2. The van der Waals surface area contributed by atoms with E-state index in [-0.39, 0.29) is 0 Å². The smallest absolute Gasteiger partial charge is 0.133 e. The monoisotopic (exact) mass is 370 g/mol. The summed E-state index contributed by atoms with van der Waals surface area (Å²) in [6, 6.07) is 0. The van der Waals surface area contributed by atoms with Crippen LogP contribution in [0.4, 0.5) is 0 Å². The van der Waals surface area contributed by atoms with E-state index in [1.54, 1.807) is 0 Å². The molecule has 0 rings (SSSR count). The van der Waals surface area contributed by atoms with Crippen LogP contribution in [0.25, 0.3) is 0 Å². The van der Waals surface area contributed by atoms with Crippen molar-refractivity contribution in [3.63, 3.8) is 0 Å². The maximum absolute atomic E-state index is 5.43. The van der Waals surface area contributed by atoms with E-state index in [1.165, 1.54) is 83.5 Å². The van der Waals surface area contributed by atoms with E-state index in [0.717, 1.165) is 13.0 Å². The van der Waals surface area contributed by atoms with Crippen molar-refractivity contribution in [3.05, 3.63) is 12.2 Å². The fourth-order valence-electron chi connectivity index (χ4n) is 2.66. The molecular weight excluding hydrogens is 332 g/mol. The van der Waals surface area contributed by atoms with Gasteiger partial charge < -0.3 is 11.1 Å². The van der Waals surface area contributed by atoms with Crippen molar-refractivity contribution < 1.29 is 0 Å². The standard InChI is InChI=1S/C20H38N2S2/c1-2-3-4-5-6-7-8-9-10-11-12-13-14-15-16-17-18-22-20(24)19(21)23/h9-10H,2-8,11-18H2,1H3,(H2,21,23)(H,22,24)/b10-9-. The van der Waals surface area contributed by atoms with Crippen molar-refractivity contribution in [3.8, 4) is 0 Å². The van der Waals surface area contributed by atoms with Gasteiger partial charge in [-0.2, -0.15) is 0 Å². The van der Waals surface area contributed by atoms with Crippen LogP contribution in [0.3, 0.4) is 0 Å². The van der Waals surface area contributed by atoms with Gasteiger partial charge in [-0.3, -0.25) is 0 Å². The topological polar surface area (TPSA) is 38.0 Å². The third-order valence-electron chi connectivity index (χ3n) is 4.20. The highest BCUT2D eigenvalue weighted by molar-refractivity contribution is 7.89. The Morgan fingerprint density at radius 3 is 1.71 bits per heavy atom. The Kier molecular flexibility index (Phi) is 18.5. The number of hydrogen-bond donors (Lipinski definition) is 2. The lowest BCUT2D eigenvalue weighted by molar-refractivity contribution is 0.592. The summed E-state index contributed by atoms with van der Waals surface area (Å²) in [5.74, 6) is 0. The van der Waals surface area contributed by atoms with E-state index < -0.39 is 0 Å². The van der Waals surface area contributed by atoms with Crippen LogP contribution in [-0.2, 0) is 0 Å². The van der Waals surface area contributed by atoms with E-state index >= 15 is 0 Å². The molecule has 0 radical (unpaired) electrons. The molecule has 0 bridgehead atoms. The number of unbranched alkanes of at least 4 members (excludes halogenated alkanes) is 12. The molecule has 24 heavy (non-hydrogen) atoms. The molecule has 0 saturated carbocycles. The molecule has 4 heteroatoms. The molecule has 0 fully saturated rings. The molecule has 0 amide bonds. The van der Waals surface area contributed by atoms with Gasteiger partial charge in [-0.15, -0.1) is 0 Å². The Morgan fingerprint density at radius 1 is 0.750 bits per heavy atom. The summed E-state index contributed by atoms with van der Waals surface area (Å²) in [7, 11) is 0. The largest absolute Gasteiger partial charge is 0.388 e. The van der Waals surface area contributed by atoms with Crippen LogP contribution in [0.2, 0.25) is 0 Å². The molecule has 0 heterocycles. The van der Waals surface area contributed by atoms with Crippen molar-refractivity contribution in [1.82, 2.24) is 5.32 Å². The highest BCUT2D eigenvalue weighted by Crippen LogP contribution is 2.09. The first kappa shape index (κ1) is 23.5. The fourth-order valence-corrected chi connectivity index (χ4v) is 2.84. The molecule has 0 aliphatic carbocycles. The van der Waals surface area contributed by atoms with Gasteiger partial charge in [0.25, 0.3) is 0 Å².